The van der Waals surface area contributed by atoms with Gasteiger partial charge in [0, 0.05) is 56.1 Å². The molecule has 0 amide bonds. The Morgan fingerprint density at radius 2 is 1.76 bits per heavy atom. The molecule has 0 bridgehead atoms. The molecule has 1 aromatic heterocycles. The number of likely N-dealkylation sites (tertiary alicyclic amines) is 2. The first-order chi connectivity index (χ1) is 12.1. The summed E-state index contributed by atoms with van der Waals surface area (Å²) >= 11 is 0. The van der Waals surface area contributed by atoms with Crippen molar-refractivity contribution in [2.24, 2.45) is 0 Å². The molecule has 3 aliphatic heterocycles. The molecule has 3 aliphatic rings. The standard InChI is InChI=1S/C19H32N6/c1-14-11-18(22-19(20)21-14)23-9-6-16(7-10-23)24-12-17(13-24)25-8-4-3-5-15(25)2/h11,15-17H,3-10,12-13H2,1-2H3,(H2,20,21,22)/t15-/m0/s1. The van der Waals surface area contributed by atoms with Gasteiger partial charge in [0.05, 0.1) is 0 Å². The van der Waals surface area contributed by atoms with Crippen molar-refractivity contribution in [3.63, 3.8) is 0 Å². The van der Waals surface area contributed by atoms with Crippen LogP contribution >= 0.6 is 0 Å². The van der Waals surface area contributed by atoms with Crippen LogP contribution in [0.25, 0.3) is 0 Å². The molecule has 4 rings (SSSR count). The van der Waals surface area contributed by atoms with E-state index in [4.69, 9.17) is 5.73 Å². The molecule has 3 fully saturated rings. The van der Waals surface area contributed by atoms with Crippen molar-refractivity contribution in [2.45, 2.75) is 64.1 Å². The third-order valence-corrected chi connectivity index (χ3v) is 6.38. The number of nitrogens with two attached hydrogens (primary N) is 1. The van der Waals surface area contributed by atoms with Crippen LogP contribution in [0.3, 0.4) is 0 Å². The Hall–Kier alpha value is -1.40. The zero-order valence-corrected chi connectivity index (χ0v) is 15.7. The lowest BCUT2D eigenvalue weighted by Crippen LogP contribution is -2.65. The van der Waals surface area contributed by atoms with Crippen LogP contribution in [-0.4, -0.2) is 70.6 Å². The molecule has 6 heteroatoms. The highest BCUT2D eigenvalue weighted by atomic mass is 15.3. The van der Waals surface area contributed by atoms with Gasteiger partial charge >= 0.3 is 0 Å². The molecular weight excluding hydrogens is 312 g/mol. The van der Waals surface area contributed by atoms with Crippen LogP contribution < -0.4 is 10.6 Å². The normalized spacial score (nSPS) is 27.4. The molecule has 0 unspecified atom stereocenters. The lowest BCUT2D eigenvalue weighted by Gasteiger charge is -2.53. The fourth-order valence-electron chi connectivity index (χ4n) is 4.86. The molecule has 0 aliphatic carbocycles. The van der Waals surface area contributed by atoms with Gasteiger partial charge in [-0.2, -0.15) is 4.98 Å². The van der Waals surface area contributed by atoms with Gasteiger partial charge in [0.1, 0.15) is 5.82 Å². The van der Waals surface area contributed by atoms with E-state index in [0.717, 1.165) is 42.7 Å². The molecule has 138 valence electrons. The van der Waals surface area contributed by atoms with E-state index in [1.165, 1.54) is 51.7 Å². The second kappa shape index (κ2) is 7.08. The predicted molar refractivity (Wildman–Crippen MR) is 102 cm³/mol. The quantitative estimate of drug-likeness (QED) is 0.904. The van der Waals surface area contributed by atoms with Crippen LogP contribution in [0.15, 0.2) is 6.07 Å². The highest BCUT2D eigenvalue weighted by Crippen LogP contribution is 2.29. The van der Waals surface area contributed by atoms with E-state index in [2.05, 4.69) is 31.6 Å². The number of anilines is 2. The van der Waals surface area contributed by atoms with Crippen LogP contribution in [-0.2, 0) is 0 Å². The minimum absolute atomic E-state index is 0.387. The smallest absolute Gasteiger partial charge is 0.222 e. The lowest BCUT2D eigenvalue weighted by atomic mass is 9.93. The number of hydrogen-bond acceptors (Lipinski definition) is 6. The Bertz CT molecular complexity index is 571. The van der Waals surface area contributed by atoms with Crippen molar-refractivity contribution in [1.82, 2.24) is 19.8 Å². The van der Waals surface area contributed by atoms with Crippen molar-refractivity contribution in [3.8, 4) is 0 Å². The number of rotatable bonds is 3. The first kappa shape index (κ1) is 17.0. The van der Waals surface area contributed by atoms with Crippen LogP contribution in [0.5, 0.6) is 0 Å². The van der Waals surface area contributed by atoms with E-state index in [9.17, 15) is 0 Å². The number of nitrogen functional groups attached to an aromatic ring is 1. The Balaban J connectivity index is 1.27. The molecule has 0 spiro atoms. The van der Waals surface area contributed by atoms with Gasteiger partial charge in [0.2, 0.25) is 5.95 Å². The minimum atomic E-state index is 0.387. The third-order valence-electron chi connectivity index (χ3n) is 6.38. The van der Waals surface area contributed by atoms with Gasteiger partial charge in [-0.1, -0.05) is 6.42 Å². The molecule has 0 aromatic carbocycles. The molecule has 2 N–H and O–H groups in total. The van der Waals surface area contributed by atoms with Gasteiger partial charge in [-0.05, 0) is 46.1 Å². The summed E-state index contributed by atoms with van der Waals surface area (Å²) in [6.07, 6.45) is 6.65. The zero-order chi connectivity index (χ0) is 17.4. The van der Waals surface area contributed by atoms with Gasteiger partial charge in [-0.25, -0.2) is 4.98 Å². The van der Waals surface area contributed by atoms with Gasteiger partial charge in [-0.15, -0.1) is 0 Å². The second-order valence-electron chi connectivity index (χ2n) is 8.13. The molecule has 1 atom stereocenters. The van der Waals surface area contributed by atoms with E-state index in [0.29, 0.717) is 5.95 Å². The zero-order valence-electron chi connectivity index (χ0n) is 15.7. The average Bonchev–Trinajstić information content (AvgIpc) is 2.55. The molecule has 0 saturated carbocycles. The Morgan fingerprint density at radius 3 is 2.44 bits per heavy atom. The van der Waals surface area contributed by atoms with Gasteiger partial charge < -0.3 is 10.6 Å². The largest absolute Gasteiger partial charge is 0.368 e. The fraction of sp³-hybridized carbons (Fsp3) is 0.789. The van der Waals surface area contributed by atoms with Crippen LogP contribution in [0.2, 0.25) is 0 Å². The van der Waals surface area contributed by atoms with Gasteiger partial charge in [0.15, 0.2) is 0 Å². The minimum Gasteiger partial charge on any atom is -0.368 e. The van der Waals surface area contributed by atoms with E-state index in [-0.39, 0.29) is 0 Å². The van der Waals surface area contributed by atoms with Gasteiger partial charge in [0.25, 0.3) is 0 Å². The van der Waals surface area contributed by atoms with Crippen molar-refractivity contribution in [2.75, 3.05) is 43.4 Å². The van der Waals surface area contributed by atoms with Crippen LogP contribution in [0.4, 0.5) is 11.8 Å². The maximum Gasteiger partial charge on any atom is 0.222 e. The molecule has 1 aromatic rings. The highest BCUT2D eigenvalue weighted by Gasteiger charge is 2.39. The molecule has 25 heavy (non-hydrogen) atoms. The van der Waals surface area contributed by atoms with E-state index >= 15 is 0 Å². The molecule has 6 nitrogen and oxygen atoms in total. The Morgan fingerprint density at radius 1 is 1.00 bits per heavy atom. The number of aromatic nitrogens is 2. The van der Waals surface area contributed by atoms with Crippen molar-refractivity contribution < 1.29 is 0 Å². The summed E-state index contributed by atoms with van der Waals surface area (Å²) in [6.45, 7) is 10.4. The van der Waals surface area contributed by atoms with Crippen molar-refractivity contribution in [1.29, 1.82) is 0 Å². The molecule has 4 heterocycles. The van der Waals surface area contributed by atoms with Crippen LogP contribution in [0.1, 0.15) is 44.7 Å². The van der Waals surface area contributed by atoms with Crippen molar-refractivity contribution >= 4 is 11.8 Å². The third kappa shape index (κ3) is 3.60. The summed E-state index contributed by atoms with van der Waals surface area (Å²) in [4.78, 5) is 16.4. The molecule has 0 radical (unpaired) electrons. The summed E-state index contributed by atoms with van der Waals surface area (Å²) in [7, 11) is 0. The van der Waals surface area contributed by atoms with Crippen molar-refractivity contribution in [3.05, 3.63) is 11.8 Å². The Kier molecular flexibility index (Phi) is 4.82. The number of aryl methyl sites for hydroxylation is 1. The fourth-order valence-corrected chi connectivity index (χ4v) is 4.86. The molecule has 3 saturated heterocycles. The SMILES string of the molecule is Cc1cc(N2CCC(N3CC(N4CCCC[C@@H]4C)C3)CC2)nc(N)n1. The predicted octanol–water partition coefficient (Wildman–Crippen LogP) is 1.89. The first-order valence-corrected chi connectivity index (χ1v) is 9.96. The molecular formula is C19H32N6. The van der Waals surface area contributed by atoms with E-state index in [1.54, 1.807) is 0 Å². The highest BCUT2D eigenvalue weighted by molar-refractivity contribution is 5.43. The number of piperidine rings is 2. The topological polar surface area (TPSA) is 61.5 Å². The van der Waals surface area contributed by atoms with Gasteiger partial charge in [-0.3, -0.25) is 9.80 Å². The van der Waals surface area contributed by atoms with E-state index in [1.807, 2.05) is 13.0 Å². The summed E-state index contributed by atoms with van der Waals surface area (Å²) in [5.41, 5.74) is 6.76. The van der Waals surface area contributed by atoms with E-state index < -0.39 is 0 Å². The maximum atomic E-state index is 5.81. The average molecular weight is 345 g/mol. The summed E-state index contributed by atoms with van der Waals surface area (Å²) in [6, 6.07) is 4.38. The number of nitrogens with zero attached hydrogens (tertiary/aromatic N) is 5. The summed E-state index contributed by atoms with van der Waals surface area (Å²) in [5.74, 6) is 1.38. The van der Waals surface area contributed by atoms with Crippen LogP contribution in [0, 0.1) is 6.92 Å². The first-order valence-electron chi connectivity index (χ1n) is 9.96. The maximum absolute atomic E-state index is 5.81. The Labute approximate surface area is 151 Å². The summed E-state index contributed by atoms with van der Waals surface area (Å²) < 4.78 is 0. The summed E-state index contributed by atoms with van der Waals surface area (Å²) in [5, 5.41) is 0. The lowest BCUT2D eigenvalue weighted by molar-refractivity contribution is -0.0286. The second-order valence-corrected chi connectivity index (χ2v) is 8.13. The monoisotopic (exact) mass is 344 g/mol. The number of hydrogen-bond donors (Lipinski definition) is 1.